The Morgan fingerprint density at radius 2 is 1.92 bits per heavy atom. The Labute approximate surface area is 83.4 Å². The number of rotatable bonds is 2. The molecule has 1 heterocycles. The Kier molecular flexibility index (Phi) is 3.41. The van der Waals surface area contributed by atoms with Crippen molar-refractivity contribution in [2.24, 2.45) is 0 Å². The molecule has 1 aliphatic heterocycles. The van der Waals surface area contributed by atoms with E-state index in [-0.39, 0.29) is 4.75 Å². The molecular formula is C9H18OS2. The molecule has 0 saturated carbocycles. The van der Waals surface area contributed by atoms with Crippen LogP contribution < -0.4 is 0 Å². The van der Waals surface area contributed by atoms with Crippen LogP contribution in [-0.4, -0.2) is 22.2 Å². The van der Waals surface area contributed by atoms with Crippen LogP contribution in [0.4, 0.5) is 0 Å². The first-order valence-corrected chi connectivity index (χ1v) is 6.64. The van der Waals surface area contributed by atoms with Crippen molar-refractivity contribution in [1.29, 1.82) is 0 Å². The minimum atomic E-state index is 0.272. The lowest BCUT2D eigenvalue weighted by molar-refractivity contribution is -0.00488. The highest BCUT2D eigenvalue weighted by Crippen LogP contribution is 2.52. The molecule has 0 bridgehead atoms. The van der Waals surface area contributed by atoms with E-state index in [4.69, 9.17) is 4.74 Å². The molecule has 1 fully saturated rings. The van der Waals surface area contributed by atoms with E-state index in [2.05, 4.69) is 34.6 Å². The summed E-state index contributed by atoms with van der Waals surface area (Å²) >= 11 is 0. The van der Waals surface area contributed by atoms with Gasteiger partial charge in [0.05, 0.1) is 12.2 Å². The second kappa shape index (κ2) is 3.81. The fourth-order valence-electron chi connectivity index (χ4n) is 1.43. The summed E-state index contributed by atoms with van der Waals surface area (Å²) in [5.41, 5.74) is 0. The third kappa shape index (κ3) is 2.33. The molecule has 0 amide bonds. The average molecular weight is 206 g/mol. The zero-order valence-corrected chi connectivity index (χ0v) is 10.1. The predicted molar refractivity (Wildman–Crippen MR) is 58.7 cm³/mol. The molecule has 1 aliphatic rings. The standard InChI is InChI=1S/C9H18OS2/c1-6(2)10-8-7(3)11-12-9(8,4)5/h6-8H,1-5H3. The maximum atomic E-state index is 5.90. The Morgan fingerprint density at radius 3 is 2.25 bits per heavy atom. The minimum absolute atomic E-state index is 0.272. The van der Waals surface area contributed by atoms with Crippen LogP contribution in [0.5, 0.6) is 0 Å². The van der Waals surface area contributed by atoms with Gasteiger partial charge in [-0.25, -0.2) is 0 Å². The van der Waals surface area contributed by atoms with Crippen LogP contribution in [0.15, 0.2) is 0 Å². The van der Waals surface area contributed by atoms with E-state index in [1.807, 2.05) is 21.6 Å². The zero-order valence-electron chi connectivity index (χ0n) is 8.46. The topological polar surface area (TPSA) is 9.23 Å². The average Bonchev–Trinajstić information content (AvgIpc) is 2.15. The first-order chi connectivity index (χ1) is 5.43. The summed E-state index contributed by atoms with van der Waals surface area (Å²) in [6, 6.07) is 0. The van der Waals surface area contributed by atoms with Crippen molar-refractivity contribution in [3.63, 3.8) is 0 Å². The van der Waals surface area contributed by atoms with E-state index in [0.29, 0.717) is 17.5 Å². The van der Waals surface area contributed by atoms with Gasteiger partial charge in [-0.3, -0.25) is 0 Å². The van der Waals surface area contributed by atoms with E-state index in [0.717, 1.165) is 0 Å². The Bertz CT molecular complexity index is 157. The Hall–Kier alpha value is 0.660. The molecule has 12 heavy (non-hydrogen) atoms. The third-order valence-electron chi connectivity index (χ3n) is 1.94. The van der Waals surface area contributed by atoms with E-state index < -0.39 is 0 Å². The summed E-state index contributed by atoms with van der Waals surface area (Å²) in [6.45, 7) is 11.0. The van der Waals surface area contributed by atoms with Gasteiger partial charge in [0, 0.05) is 10.00 Å². The van der Waals surface area contributed by atoms with Gasteiger partial charge in [-0.2, -0.15) is 0 Å². The van der Waals surface area contributed by atoms with Crippen molar-refractivity contribution < 1.29 is 4.74 Å². The lowest BCUT2D eigenvalue weighted by atomic mass is 10.0. The third-order valence-corrected chi connectivity index (χ3v) is 5.74. The number of hydrogen-bond donors (Lipinski definition) is 0. The van der Waals surface area contributed by atoms with Gasteiger partial charge in [-0.1, -0.05) is 21.6 Å². The van der Waals surface area contributed by atoms with Gasteiger partial charge in [0.25, 0.3) is 0 Å². The van der Waals surface area contributed by atoms with Gasteiger partial charge in [-0.15, -0.1) is 0 Å². The number of ether oxygens (including phenoxy) is 1. The van der Waals surface area contributed by atoms with Crippen LogP contribution in [0.25, 0.3) is 0 Å². The summed E-state index contributed by atoms with van der Waals surface area (Å²) in [4.78, 5) is 0. The van der Waals surface area contributed by atoms with Crippen molar-refractivity contribution in [1.82, 2.24) is 0 Å². The molecule has 72 valence electrons. The molecule has 0 radical (unpaired) electrons. The van der Waals surface area contributed by atoms with Gasteiger partial charge in [0.2, 0.25) is 0 Å². The number of hydrogen-bond acceptors (Lipinski definition) is 3. The van der Waals surface area contributed by atoms with Crippen LogP contribution in [0, 0.1) is 0 Å². The van der Waals surface area contributed by atoms with Crippen LogP contribution in [0.2, 0.25) is 0 Å². The maximum Gasteiger partial charge on any atom is 0.0852 e. The molecule has 0 aromatic heterocycles. The highest BCUT2D eigenvalue weighted by atomic mass is 33.1. The van der Waals surface area contributed by atoms with Crippen LogP contribution >= 0.6 is 21.6 Å². The monoisotopic (exact) mass is 206 g/mol. The molecule has 1 nitrogen and oxygen atoms in total. The van der Waals surface area contributed by atoms with Crippen molar-refractivity contribution >= 4 is 21.6 Å². The van der Waals surface area contributed by atoms with Gasteiger partial charge in [-0.05, 0) is 34.6 Å². The molecule has 0 spiro atoms. The smallest absolute Gasteiger partial charge is 0.0852 e. The normalized spacial score (nSPS) is 34.5. The maximum absolute atomic E-state index is 5.90. The minimum Gasteiger partial charge on any atom is -0.373 e. The van der Waals surface area contributed by atoms with Gasteiger partial charge in [0.15, 0.2) is 0 Å². The van der Waals surface area contributed by atoms with E-state index in [1.54, 1.807) is 0 Å². The molecular weight excluding hydrogens is 188 g/mol. The summed E-state index contributed by atoms with van der Waals surface area (Å²) in [5, 5.41) is 0.618. The second-order valence-corrected chi connectivity index (χ2v) is 7.33. The fourth-order valence-corrected chi connectivity index (χ4v) is 4.56. The highest BCUT2D eigenvalue weighted by molar-refractivity contribution is 8.77. The second-order valence-electron chi connectivity index (χ2n) is 4.09. The summed E-state index contributed by atoms with van der Waals surface area (Å²) in [5.74, 6) is 0. The first-order valence-electron chi connectivity index (χ1n) is 4.43. The molecule has 0 aromatic rings. The lowest BCUT2D eigenvalue weighted by Crippen LogP contribution is -2.38. The summed E-state index contributed by atoms with van der Waals surface area (Å²) in [7, 11) is 3.90. The van der Waals surface area contributed by atoms with Crippen molar-refractivity contribution in [3.05, 3.63) is 0 Å². The van der Waals surface area contributed by atoms with Gasteiger partial charge >= 0.3 is 0 Å². The van der Waals surface area contributed by atoms with Crippen LogP contribution in [0.3, 0.4) is 0 Å². The predicted octanol–water partition coefficient (Wildman–Crippen LogP) is 3.34. The Balaban J connectivity index is 2.59. The van der Waals surface area contributed by atoms with Gasteiger partial charge in [0.1, 0.15) is 0 Å². The summed E-state index contributed by atoms with van der Waals surface area (Å²) in [6.07, 6.45) is 0.739. The van der Waals surface area contributed by atoms with Gasteiger partial charge < -0.3 is 4.74 Å². The SMILES string of the molecule is CC(C)OC1C(C)SSC1(C)C. The molecule has 0 aliphatic carbocycles. The van der Waals surface area contributed by atoms with E-state index >= 15 is 0 Å². The Morgan fingerprint density at radius 1 is 1.33 bits per heavy atom. The molecule has 1 rings (SSSR count). The van der Waals surface area contributed by atoms with Crippen molar-refractivity contribution in [2.75, 3.05) is 0 Å². The molecule has 0 aromatic carbocycles. The first kappa shape index (κ1) is 10.7. The zero-order chi connectivity index (χ0) is 9.35. The lowest BCUT2D eigenvalue weighted by Gasteiger charge is -2.28. The molecule has 0 N–H and O–H groups in total. The fraction of sp³-hybridized carbons (Fsp3) is 1.00. The quantitative estimate of drug-likeness (QED) is 0.641. The molecule has 3 heteroatoms. The van der Waals surface area contributed by atoms with Crippen molar-refractivity contribution in [3.8, 4) is 0 Å². The van der Waals surface area contributed by atoms with Crippen LogP contribution in [0.1, 0.15) is 34.6 Å². The summed E-state index contributed by atoms with van der Waals surface area (Å²) < 4.78 is 6.17. The largest absolute Gasteiger partial charge is 0.373 e. The molecule has 2 atom stereocenters. The molecule has 2 unspecified atom stereocenters. The van der Waals surface area contributed by atoms with Crippen molar-refractivity contribution in [2.45, 2.75) is 56.8 Å². The van der Waals surface area contributed by atoms with E-state index in [1.165, 1.54) is 0 Å². The van der Waals surface area contributed by atoms with Crippen LogP contribution in [-0.2, 0) is 4.74 Å². The highest BCUT2D eigenvalue weighted by Gasteiger charge is 2.42. The molecule has 1 saturated heterocycles. The van der Waals surface area contributed by atoms with E-state index in [9.17, 15) is 0 Å².